The Kier molecular flexibility index (Phi) is 5.58. The molecule has 2 aliphatic heterocycles. The molecule has 0 spiro atoms. The van der Waals surface area contributed by atoms with Crippen molar-refractivity contribution in [1.29, 1.82) is 0 Å². The SMILES string of the molecule is CSc1ccccc1NC1=NC(N)(c2ccc(N3CCC(O)CC3)cc2)Nc2cc[nH]c21. The molecule has 1 saturated heterocycles. The second-order valence-corrected chi connectivity index (χ2v) is 9.06. The van der Waals surface area contributed by atoms with E-state index in [2.05, 4.69) is 45.0 Å². The van der Waals surface area contributed by atoms with E-state index in [0.717, 1.165) is 59.1 Å². The standard InChI is InChI=1S/C24H28N6OS/c1-32-21-5-3-2-4-19(21)27-23-22-20(10-13-26-22)28-24(25,29-23)16-6-8-17(9-7-16)30-14-11-18(31)12-15-30/h2-10,13,18,26,28,31H,11-12,14-15,25H2,1H3,(H,27,29). The zero-order chi connectivity index (χ0) is 22.1. The van der Waals surface area contributed by atoms with Gasteiger partial charge in [-0.25, -0.2) is 4.99 Å². The van der Waals surface area contributed by atoms with Crippen LogP contribution in [0, 0.1) is 0 Å². The Morgan fingerprint density at radius 3 is 2.62 bits per heavy atom. The lowest BCUT2D eigenvalue weighted by Gasteiger charge is -2.34. The van der Waals surface area contributed by atoms with Crippen LogP contribution < -0.4 is 21.3 Å². The van der Waals surface area contributed by atoms with Gasteiger partial charge in [0.1, 0.15) is 5.69 Å². The number of nitrogens with two attached hydrogens (primary N) is 1. The van der Waals surface area contributed by atoms with Gasteiger partial charge in [0.25, 0.3) is 0 Å². The number of aliphatic imine (C=N–C) groups is 1. The molecule has 166 valence electrons. The Labute approximate surface area is 192 Å². The number of hydrogen-bond donors (Lipinski definition) is 5. The number of nitrogens with one attached hydrogen (secondary N) is 3. The average molecular weight is 449 g/mol. The van der Waals surface area contributed by atoms with Crippen molar-refractivity contribution in [3.8, 4) is 0 Å². The summed E-state index contributed by atoms with van der Waals surface area (Å²) in [6, 6.07) is 18.4. The van der Waals surface area contributed by atoms with Crippen LogP contribution in [0.2, 0.25) is 0 Å². The van der Waals surface area contributed by atoms with E-state index in [9.17, 15) is 5.11 Å². The molecule has 3 heterocycles. The molecule has 3 aromatic rings. The molecule has 32 heavy (non-hydrogen) atoms. The number of aliphatic hydroxyl groups excluding tert-OH is 1. The third kappa shape index (κ3) is 3.97. The van der Waals surface area contributed by atoms with Crippen LogP contribution in [-0.4, -0.2) is 41.4 Å². The van der Waals surface area contributed by atoms with Gasteiger partial charge in [0, 0.05) is 35.4 Å². The van der Waals surface area contributed by atoms with Crippen molar-refractivity contribution in [3.63, 3.8) is 0 Å². The van der Waals surface area contributed by atoms with E-state index in [1.54, 1.807) is 11.8 Å². The van der Waals surface area contributed by atoms with E-state index < -0.39 is 5.79 Å². The molecular weight excluding hydrogens is 420 g/mol. The number of fused-ring (bicyclic) bond motifs is 1. The minimum atomic E-state index is -1.09. The van der Waals surface area contributed by atoms with Crippen LogP contribution in [0.3, 0.4) is 0 Å². The van der Waals surface area contributed by atoms with Crippen LogP contribution in [-0.2, 0) is 5.79 Å². The summed E-state index contributed by atoms with van der Waals surface area (Å²) >= 11 is 1.68. The highest BCUT2D eigenvalue weighted by atomic mass is 32.2. The lowest BCUT2D eigenvalue weighted by Crippen LogP contribution is -2.47. The number of amidine groups is 1. The van der Waals surface area contributed by atoms with Gasteiger partial charge in [-0.1, -0.05) is 24.3 Å². The highest BCUT2D eigenvalue weighted by molar-refractivity contribution is 7.98. The zero-order valence-electron chi connectivity index (χ0n) is 18.0. The summed E-state index contributed by atoms with van der Waals surface area (Å²) in [4.78, 5) is 11.6. The minimum absolute atomic E-state index is 0.184. The van der Waals surface area contributed by atoms with Crippen molar-refractivity contribution in [3.05, 3.63) is 72.1 Å². The lowest BCUT2D eigenvalue weighted by atomic mass is 10.0. The van der Waals surface area contributed by atoms with E-state index in [-0.39, 0.29) is 6.10 Å². The maximum Gasteiger partial charge on any atom is 0.211 e. The summed E-state index contributed by atoms with van der Waals surface area (Å²) in [5.41, 5.74) is 11.6. The molecule has 5 rings (SSSR count). The molecule has 0 radical (unpaired) electrons. The molecule has 2 aliphatic rings. The number of H-pyrrole nitrogens is 1. The maximum atomic E-state index is 9.77. The molecule has 0 saturated carbocycles. The minimum Gasteiger partial charge on any atom is -0.393 e. The normalized spacial score (nSPS) is 21.0. The molecule has 1 unspecified atom stereocenters. The van der Waals surface area contributed by atoms with Gasteiger partial charge in [-0.2, -0.15) is 0 Å². The monoisotopic (exact) mass is 448 g/mol. The average Bonchev–Trinajstić information content (AvgIpc) is 3.28. The number of rotatable bonds is 4. The van der Waals surface area contributed by atoms with Gasteiger partial charge in [-0.15, -0.1) is 11.8 Å². The molecule has 1 fully saturated rings. The van der Waals surface area contributed by atoms with Crippen LogP contribution in [0.15, 0.2) is 70.7 Å². The van der Waals surface area contributed by atoms with Gasteiger partial charge in [-0.05, 0) is 49.4 Å². The molecule has 0 amide bonds. The Balaban J connectivity index is 1.45. The van der Waals surface area contributed by atoms with Crippen LogP contribution >= 0.6 is 11.8 Å². The first kappa shape index (κ1) is 20.9. The number of hydrogen-bond acceptors (Lipinski definition) is 7. The fraction of sp³-hybridized carbons (Fsp3) is 0.292. The van der Waals surface area contributed by atoms with Gasteiger partial charge < -0.3 is 25.6 Å². The number of anilines is 3. The maximum absolute atomic E-state index is 9.77. The van der Waals surface area contributed by atoms with Crippen molar-refractivity contribution in [2.24, 2.45) is 10.7 Å². The molecule has 7 nitrogen and oxygen atoms in total. The first-order valence-electron chi connectivity index (χ1n) is 10.8. The Morgan fingerprint density at radius 1 is 1.12 bits per heavy atom. The second kappa shape index (κ2) is 8.54. The number of aliphatic hydroxyl groups is 1. The number of thioether (sulfide) groups is 1. The highest BCUT2D eigenvalue weighted by Crippen LogP contribution is 2.33. The zero-order valence-corrected chi connectivity index (χ0v) is 18.8. The lowest BCUT2D eigenvalue weighted by molar-refractivity contribution is 0.145. The predicted molar refractivity (Wildman–Crippen MR) is 133 cm³/mol. The van der Waals surface area contributed by atoms with Crippen molar-refractivity contribution in [1.82, 2.24) is 4.98 Å². The fourth-order valence-corrected chi connectivity index (χ4v) is 4.84. The number of piperidine rings is 1. The summed E-state index contributed by atoms with van der Waals surface area (Å²) in [5, 5.41) is 16.6. The van der Waals surface area contributed by atoms with Crippen molar-refractivity contribution in [2.45, 2.75) is 29.6 Å². The van der Waals surface area contributed by atoms with Gasteiger partial charge in [0.2, 0.25) is 5.79 Å². The van der Waals surface area contributed by atoms with Crippen molar-refractivity contribution in [2.75, 3.05) is 34.9 Å². The summed E-state index contributed by atoms with van der Waals surface area (Å²) < 4.78 is 0. The quantitative estimate of drug-likeness (QED) is 0.390. The van der Waals surface area contributed by atoms with Crippen molar-refractivity contribution < 1.29 is 5.11 Å². The van der Waals surface area contributed by atoms with Crippen LogP contribution in [0.4, 0.5) is 17.1 Å². The van der Waals surface area contributed by atoms with E-state index in [1.807, 2.05) is 42.6 Å². The summed E-state index contributed by atoms with van der Waals surface area (Å²) in [7, 11) is 0. The van der Waals surface area contributed by atoms with Gasteiger partial charge >= 0.3 is 0 Å². The topological polar surface area (TPSA) is 102 Å². The molecular formula is C24H28N6OS. The molecule has 8 heteroatoms. The van der Waals surface area contributed by atoms with Crippen LogP contribution in [0.5, 0.6) is 0 Å². The largest absolute Gasteiger partial charge is 0.393 e. The molecule has 1 atom stereocenters. The molecule has 2 aromatic carbocycles. The third-order valence-corrected chi connectivity index (χ3v) is 6.89. The van der Waals surface area contributed by atoms with Crippen molar-refractivity contribution >= 4 is 34.7 Å². The second-order valence-electron chi connectivity index (χ2n) is 8.21. The van der Waals surface area contributed by atoms with E-state index in [4.69, 9.17) is 10.7 Å². The van der Waals surface area contributed by atoms with Crippen LogP contribution in [0.25, 0.3) is 0 Å². The summed E-state index contributed by atoms with van der Waals surface area (Å²) in [6.45, 7) is 1.72. The molecule has 0 bridgehead atoms. The number of aromatic amines is 1. The molecule has 1 aromatic heterocycles. The summed E-state index contributed by atoms with van der Waals surface area (Å²) in [5.74, 6) is -0.399. The van der Waals surface area contributed by atoms with E-state index in [1.165, 1.54) is 0 Å². The first-order valence-corrected chi connectivity index (χ1v) is 12.1. The number of benzene rings is 2. The predicted octanol–water partition coefficient (Wildman–Crippen LogP) is 3.75. The number of para-hydroxylation sites is 1. The smallest absolute Gasteiger partial charge is 0.211 e. The molecule has 0 aliphatic carbocycles. The Bertz CT molecular complexity index is 1120. The molecule has 6 N–H and O–H groups in total. The Hall–Kier alpha value is -2.94. The van der Waals surface area contributed by atoms with E-state index >= 15 is 0 Å². The van der Waals surface area contributed by atoms with Gasteiger partial charge in [-0.3, -0.25) is 5.73 Å². The summed E-state index contributed by atoms with van der Waals surface area (Å²) in [6.07, 6.45) is 5.36. The van der Waals surface area contributed by atoms with E-state index in [0.29, 0.717) is 5.84 Å². The van der Waals surface area contributed by atoms with Crippen LogP contribution in [0.1, 0.15) is 24.1 Å². The fourth-order valence-electron chi connectivity index (χ4n) is 4.29. The van der Waals surface area contributed by atoms with Gasteiger partial charge in [0.05, 0.1) is 17.5 Å². The number of aromatic nitrogens is 1. The highest BCUT2D eigenvalue weighted by Gasteiger charge is 2.34. The third-order valence-electron chi connectivity index (χ3n) is 6.09. The Morgan fingerprint density at radius 2 is 1.88 bits per heavy atom. The number of nitrogens with zero attached hydrogens (tertiary/aromatic N) is 2. The first-order chi connectivity index (χ1) is 15.6. The van der Waals surface area contributed by atoms with Gasteiger partial charge in [0.15, 0.2) is 5.84 Å².